The van der Waals surface area contributed by atoms with Crippen LogP contribution in [0.1, 0.15) is 31.4 Å². The van der Waals surface area contributed by atoms with Crippen LogP contribution in [0.4, 0.5) is 23.1 Å². The molecule has 7 nitrogen and oxygen atoms in total. The SMILES string of the molecule is CC1(C)CN(c2cccnc2)c2nc(Nc3ccc4[nH]cc(C5=CCNCC5)c4c3)ncc21. The smallest absolute Gasteiger partial charge is 0.229 e. The summed E-state index contributed by atoms with van der Waals surface area (Å²) >= 11 is 0. The maximum absolute atomic E-state index is 4.93. The molecule has 0 aliphatic carbocycles. The number of nitrogens with one attached hydrogen (secondary N) is 3. The Balaban J connectivity index is 1.35. The molecule has 166 valence electrons. The van der Waals surface area contributed by atoms with Gasteiger partial charge in [-0.3, -0.25) is 4.98 Å². The quantitative estimate of drug-likeness (QED) is 0.421. The van der Waals surface area contributed by atoms with Crippen LogP contribution >= 0.6 is 0 Å². The van der Waals surface area contributed by atoms with E-state index in [0.717, 1.165) is 54.3 Å². The molecule has 7 heteroatoms. The molecule has 5 heterocycles. The van der Waals surface area contributed by atoms with E-state index in [1.807, 2.05) is 18.5 Å². The van der Waals surface area contributed by atoms with Crippen molar-refractivity contribution in [1.29, 1.82) is 0 Å². The van der Waals surface area contributed by atoms with Crippen molar-refractivity contribution >= 4 is 39.6 Å². The molecule has 0 atom stereocenters. The van der Waals surface area contributed by atoms with Crippen LogP contribution in [0, 0.1) is 0 Å². The minimum Gasteiger partial charge on any atom is -0.361 e. The van der Waals surface area contributed by atoms with E-state index >= 15 is 0 Å². The van der Waals surface area contributed by atoms with Gasteiger partial charge in [0.15, 0.2) is 0 Å². The molecule has 0 amide bonds. The summed E-state index contributed by atoms with van der Waals surface area (Å²) in [5.74, 6) is 1.53. The molecule has 1 aromatic carbocycles. The third-order valence-electron chi connectivity index (χ3n) is 6.61. The van der Waals surface area contributed by atoms with Gasteiger partial charge in [-0.1, -0.05) is 19.9 Å². The monoisotopic (exact) mass is 437 g/mol. The number of pyridine rings is 1. The molecule has 0 fully saturated rings. The van der Waals surface area contributed by atoms with E-state index in [1.54, 1.807) is 6.20 Å². The highest BCUT2D eigenvalue weighted by Crippen LogP contribution is 2.43. The Morgan fingerprint density at radius 1 is 1.15 bits per heavy atom. The Kier molecular flexibility index (Phi) is 4.66. The number of fused-ring (bicyclic) bond motifs is 2. The van der Waals surface area contributed by atoms with E-state index in [2.05, 4.69) is 80.9 Å². The van der Waals surface area contributed by atoms with Crippen molar-refractivity contribution in [2.45, 2.75) is 25.7 Å². The van der Waals surface area contributed by atoms with E-state index < -0.39 is 0 Å². The molecule has 3 aromatic heterocycles. The van der Waals surface area contributed by atoms with E-state index in [9.17, 15) is 0 Å². The third kappa shape index (κ3) is 3.54. The van der Waals surface area contributed by atoms with E-state index in [0.29, 0.717) is 5.95 Å². The highest BCUT2D eigenvalue weighted by atomic mass is 15.3. The van der Waals surface area contributed by atoms with Gasteiger partial charge in [0.25, 0.3) is 0 Å². The zero-order chi connectivity index (χ0) is 22.4. The van der Waals surface area contributed by atoms with Crippen LogP contribution in [0.2, 0.25) is 0 Å². The minimum atomic E-state index is -0.0365. The first-order valence-corrected chi connectivity index (χ1v) is 11.4. The lowest BCUT2D eigenvalue weighted by Gasteiger charge is -2.21. The number of hydrogen-bond acceptors (Lipinski definition) is 6. The number of hydrogen-bond donors (Lipinski definition) is 3. The molecule has 0 saturated carbocycles. The average molecular weight is 438 g/mol. The predicted molar refractivity (Wildman–Crippen MR) is 133 cm³/mol. The van der Waals surface area contributed by atoms with Crippen LogP contribution in [0.15, 0.2) is 61.2 Å². The second-order valence-electron chi connectivity index (χ2n) is 9.38. The van der Waals surface area contributed by atoms with Gasteiger partial charge in [-0.15, -0.1) is 0 Å². The third-order valence-corrected chi connectivity index (χ3v) is 6.61. The van der Waals surface area contributed by atoms with Gasteiger partial charge in [0.2, 0.25) is 5.95 Å². The number of H-pyrrole nitrogens is 1. The minimum absolute atomic E-state index is 0.0365. The molecule has 0 unspecified atom stereocenters. The first kappa shape index (κ1) is 19.9. The van der Waals surface area contributed by atoms with Gasteiger partial charge < -0.3 is 20.5 Å². The topological polar surface area (TPSA) is 81.8 Å². The summed E-state index contributed by atoms with van der Waals surface area (Å²) in [6, 6.07) is 10.4. The lowest BCUT2D eigenvalue weighted by Crippen LogP contribution is -2.25. The highest BCUT2D eigenvalue weighted by Gasteiger charge is 2.37. The molecule has 0 radical (unpaired) electrons. The summed E-state index contributed by atoms with van der Waals surface area (Å²) in [5, 5.41) is 8.04. The average Bonchev–Trinajstić information content (AvgIpc) is 3.38. The predicted octanol–water partition coefficient (Wildman–Crippen LogP) is 4.90. The second-order valence-corrected chi connectivity index (χ2v) is 9.38. The Morgan fingerprint density at radius 3 is 2.91 bits per heavy atom. The van der Waals surface area contributed by atoms with E-state index in [-0.39, 0.29) is 5.41 Å². The summed E-state index contributed by atoms with van der Waals surface area (Å²) in [5.41, 5.74) is 6.93. The second kappa shape index (κ2) is 7.71. The molecule has 3 N–H and O–H groups in total. The molecule has 0 spiro atoms. The van der Waals surface area contributed by atoms with Crippen LogP contribution in [-0.4, -0.2) is 39.6 Å². The number of anilines is 4. The molecule has 2 aliphatic rings. The standard InChI is InChI=1S/C26H27N7/c1-26(2)16-33(19-4-3-9-28-13-19)24-22(26)15-30-25(32-24)31-18-5-6-23-20(12-18)21(14-29-23)17-7-10-27-11-8-17/h3-7,9,12-15,27,29H,8,10-11,16H2,1-2H3,(H,30,31,32). The van der Waals surface area contributed by atoms with Crippen molar-refractivity contribution in [2.24, 2.45) is 0 Å². The number of rotatable bonds is 4. The molecular formula is C26H27N7. The number of benzene rings is 1. The molecular weight excluding hydrogens is 410 g/mol. The van der Waals surface area contributed by atoms with Crippen molar-refractivity contribution < 1.29 is 0 Å². The molecule has 6 rings (SSSR count). The van der Waals surface area contributed by atoms with Crippen molar-refractivity contribution in [3.63, 3.8) is 0 Å². The number of aromatic nitrogens is 4. The normalized spacial score (nSPS) is 17.2. The number of nitrogens with zero attached hydrogens (tertiary/aromatic N) is 4. The maximum atomic E-state index is 4.93. The van der Waals surface area contributed by atoms with Crippen molar-refractivity contribution in [2.75, 3.05) is 29.9 Å². The Morgan fingerprint density at radius 2 is 2.09 bits per heavy atom. The fourth-order valence-corrected chi connectivity index (χ4v) is 4.86. The zero-order valence-corrected chi connectivity index (χ0v) is 18.9. The molecule has 0 saturated heterocycles. The Hall–Kier alpha value is -3.71. The van der Waals surface area contributed by atoms with Crippen LogP contribution in [0.3, 0.4) is 0 Å². The van der Waals surface area contributed by atoms with Crippen LogP contribution in [0.5, 0.6) is 0 Å². The lowest BCUT2D eigenvalue weighted by molar-refractivity contribution is 0.567. The zero-order valence-electron chi connectivity index (χ0n) is 18.9. The van der Waals surface area contributed by atoms with E-state index in [4.69, 9.17) is 4.98 Å². The van der Waals surface area contributed by atoms with Gasteiger partial charge in [-0.05, 0) is 48.9 Å². The molecule has 33 heavy (non-hydrogen) atoms. The van der Waals surface area contributed by atoms with Crippen molar-refractivity contribution in [3.8, 4) is 0 Å². The Bertz CT molecular complexity index is 1350. The van der Waals surface area contributed by atoms with Crippen molar-refractivity contribution in [1.82, 2.24) is 25.3 Å². The van der Waals surface area contributed by atoms with Crippen LogP contribution < -0.4 is 15.5 Å². The van der Waals surface area contributed by atoms with Gasteiger partial charge in [0.1, 0.15) is 5.82 Å². The molecule has 0 bridgehead atoms. The van der Waals surface area contributed by atoms with Gasteiger partial charge in [-0.2, -0.15) is 4.98 Å². The van der Waals surface area contributed by atoms with Gasteiger partial charge in [0.05, 0.1) is 11.9 Å². The highest BCUT2D eigenvalue weighted by molar-refractivity contribution is 5.95. The van der Waals surface area contributed by atoms with Gasteiger partial charge >= 0.3 is 0 Å². The molecule has 2 aliphatic heterocycles. The Labute approximate surface area is 193 Å². The summed E-state index contributed by atoms with van der Waals surface area (Å²) in [4.78, 5) is 19.5. The van der Waals surface area contributed by atoms with Crippen LogP contribution in [-0.2, 0) is 5.41 Å². The lowest BCUT2D eigenvalue weighted by atomic mass is 9.89. The van der Waals surface area contributed by atoms with Crippen LogP contribution in [0.25, 0.3) is 16.5 Å². The van der Waals surface area contributed by atoms with Gasteiger partial charge in [0, 0.05) is 64.8 Å². The van der Waals surface area contributed by atoms with Crippen molar-refractivity contribution in [3.05, 3.63) is 72.3 Å². The summed E-state index contributed by atoms with van der Waals surface area (Å²) in [7, 11) is 0. The first-order valence-electron chi connectivity index (χ1n) is 11.4. The van der Waals surface area contributed by atoms with E-state index in [1.165, 1.54) is 16.5 Å². The molecule has 4 aromatic rings. The number of aromatic amines is 1. The maximum Gasteiger partial charge on any atom is 0.229 e. The first-order chi connectivity index (χ1) is 16.1. The summed E-state index contributed by atoms with van der Waals surface area (Å²) < 4.78 is 0. The summed E-state index contributed by atoms with van der Waals surface area (Å²) in [6.45, 7) is 7.25. The van der Waals surface area contributed by atoms with Gasteiger partial charge in [-0.25, -0.2) is 4.98 Å². The summed E-state index contributed by atoms with van der Waals surface area (Å²) in [6.07, 6.45) is 11.1. The fraction of sp³-hybridized carbons (Fsp3) is 0.269. The fourth-order valence-electron chi connectivity index (χ4n) is 4.86. The largest absolute Gasteiger partial charge is 0.361 e.